The summed E-state index contributed by atoms with van der Waals surface area (Å²) in [5, 5.41) is 9.11. The van der Waals surface area contributed by atoms with Gasteiger partial charge in [0.15, 0.2) is 11.5 Å². The van der Waals surface area contributed by atoms with Crippen LogP contribution >= 0.6 is 11.6 Å². The number of aromatic nitrogens is 5. The number of halogens is 1. The SMILES string of the molecule is CCCc1c(C(=O)N2CCN(c3cncc(OC)n3)CC2)nnn1-c1cccc(Cl)c1. The van der Waals surface area contributed by atoms with Gasteiger partial charge in [-0.05, 0) is 24.6 Å². The average molecular weight is 442 g/mol. The number of carbonyl (C=O) groups excluding carboxylic acids is 1. The van der Waals surface area contributed by atoms with Crippen LogP contribution in [-0.4, -0.2) is 69.1 Å². The Kier molecular flexibility index (Phi) is 6.31. The molecule has 0 radical (unpaired) electrons. The maximum atomic E-state index is 13.3. The lowest BCUT2D eigenvalue weighted by Crippen LogP contribution is -2.49. The second-order valence-electron chi connectivity index (χ2n) is 7.23. The number of hydrogen-bond donors (Lipinski definition) is 0. The highest BCUT2D eigenvalue weighted by atomic mass is 35.5. The van der Waals surface area contributed by atoms with E-state index < -0.39 is 0 Å². The Hall–Kier alpha value is -3.20. The zero-order valence-corrected chi connectivity index (χ0v) is 18.3. The predicted molar refractivity (Wildman–Crippen MR) is 117 cm³/mol. The van der Waals surface area contributed by atoms with Crippen molar-refractivity contribution in [2.24, 2.45) is 0 Å². The van der Waals surface area contributed by atoms with Gasteiger partial charge in [0.1, 0.15) is 0 Å². The van der Waals surface area contributed by atoms with Crippen LogP contribution in [0, 0.1) is 0 Å². The summed E-state index contributed by atoms with van der Waals surface area (Å²) in [7, 11) is 1.56. The molecule has 1 fully saturated rings. The molecule has 2 aromatic heterocycles. The maximum Gasteiger partial charge on any atom is 0.276 e. The molecule has 1 aromatic carbocycles. The molecule has 4 rings (SSSR count). The minimum absolute atomic E-state index is 0.104. The molecule has 162 valence electrons. The highest BCUT2D eigenvalue weighted by Crippen LogP contribution is 2.21. The van der Waals surface area contributed by atoms with Gasteiger partial charge in [-0.3, -0.25) is 9.78 Å². The van der Waals surface area contributed by atoms with Gasteiger partial charge >= 0.3 is 0 Å². The van der Waals surface area contributed by atoms with Crippen molar-refractivity contribution in [2.75, 3.05) is 38.2 Å². The predicted octanol–water partition coefficient (Wildman–Crippen LogP) is 2.63. The van der Waals surface area contributed by atoms with Crippen LogP contribution in [0.15, 0.2) is 36.7 Å². The van der Waals surface area contributed by atoms with E-state index in [9.17, 15) is 4.79 Å². The van der Waals surface area contributed by atoms with E-state index in [1.807, 2.05) is 23.1 Å². The summed E-state index contributed by atoms with van der Waals surface area (Å²) < 4.78 is 6.87. The van der Waals surface area contributed by atoms with E-state index in [0.717, 1.165) is 23.6 Å². The van der Waals surface area contributed by atoms with Gasteiger partial charge in [0, 0.05) is 31.2 Å². The first-order chi connectivity index (χ1) is 15.1. The van der Waals surface area contributed by atoms with Crippen LogP contribution in [-0.2, 0) is 6.42 Å². The molecular formula is C21H24ClN7O2. The molecule has 0 saturated carbocycles. The number of rotatable bonds is 6. The Labute approximate surface area is 185 Å². The normalized spacial score (nSPS) is 14.0. The van der Waals surface area contributed by atoms with Gasteiger partial charge < -0.3 is 14.5 Å². The summed E-state index contributed by atoms with van der Waals surface area (Å²) in [6.45, 7) is 4.50. The minimum atomic E-state index is -0.104. The van der Waals surface area contributed by atoms with Crippen molar-refractivity contribution >= 4 is 23.3 Å². The van der Waals surface area contributed by atoms with E-state index in [0.29, 0.717) is 49.2 Å². The molecule has 31 heavy (non-hydrogen) atoms. The largest absolute Gasteiger partial charge is 0.480 e. The molecule has 1 amide bonds. The van der Waals surface area contributed by atoms with Crippen LogP contribution in [0.4, 0.5) is 5.82 Å². The lowest BCUT2D eigenvalue weighted by atomic mass is 10.1. The summed E-state index contributed by atoms with van der Waals surface area (Å²) in [4.78, 5) is 25.8. The fraction of sp³-hybridized carbons (Fsp3) is 0.381. The number of nitrogens with zero attached hydrogens (tertiary/aromatic N) is 7. The number of benzene rings is 1. The zero-order valence-electron chi connectivity index (χ0n) is 17.5. The third-order valence-electron chi connectivity index (χ3n) is 5.21. The standard InChI is InChI=1S/C21H24ClN7O2/c1-3-5-17-20(25-26-29(17)16-7-4-6-15(22)12-16)21(30)28-10-8-27(9-11-28)18-13-23-14-19(24-18)31-2/h4,6-7,12-14H,3,5,8-11H2,1-2H3. The van der Waals surface area contributed by atoms with Gasteiger partial charge in [0.25, 0.3) is 5.91 Å². The van der Waals surface area contributed by atoms with Crippen molar-refractivity contribution in [3.05, 3.63) is 53.1 Å². The molecule has 10 heteroatoms. The summed E-state index contributed by atoms with van der Waals surface area (Å²) in [5.74, 6) is 1.11. The number of methoxy groups -OCH3 is 1. The van der Waals surface area contributed by atoms with Crippen molar-refractivity contribution in [3.8, 4) is 11.6 Å². The number of ether oxygens (including phenoxy) is 1. The Morgan fingerprint density at radius 3 is 2.71 bits per heavy atom. The van der Waals surface area contributed by atoms with Crippen LogP contribution in [0.3, 0.4) is 0 Å². The van der Waals surface area contributed by atoms with Gasteiger partial charge in [0.2, 0.25) is 5.88 Å². The lowest BCUT2D eigenvalue weighted by molar-refractivity contribution is 0.0739. The lowest BCUT2D eigenvalue weighted by Gasteiger charge is -2.35. The Balaban J connectivity index is 1.51. The fourth-order valence-electron chi connectivity index (χ4n) is 3.62. The molecule has 0 N–H and O–H groups in total. The second-order valence-corrected chi connectivity index (χ2v) is 7.66. The number of carbonyl (C=O) groups is 1. The summed E-state index contributed by atoms with van der Waals surface area (Å²) in [6, 6.07) is 7.39. The molecule has 3 aromatic rings. The van der Waals surface area contributed by atoms with E-state index in [-0.39, 0.29) is 5.91 Å². The first-order valence-corrected chi connectivity index (χ1v) is 10.6. The molecule has 0 aliphatic carbocycles. The average Bonchev–Trinajstić information content (AvgIpc) is 3.22. The van der Waals surface area contributed by atoms with Crippen molar-refractivity contribution in [3.63, 3.8) is 0 Å². The number of hydrogen-bond acceptors (Lipinski definition) is 7. The van der Waals surface area contributed by atoms with Gasteiger partial charge in [-0.15, -0.1) is 5.10 Å². The van der Waals surface area contributed by atoms with E-state index in [4.69, 9.17) is 16.3 Å². The molecule has 0 bridgehead atoms. The van der Waals surface area contributed by atoms with Gasteiger partial charge in [0.05, 0.1) is 30.9 Å². The van der Waals surface area contributed by atoms with Crippen molar-refractivity contribution in [2.45, 2.75) is 19.8 Å². The van der Waals surface area contributed by atoms with Gasteiger partial charge in [-0.1, -0.05) is 36.2 Å². The van der Waals surface area contributed by atoms with E-state index in [2.05, 4.69) is 32.1 Å². The van der Waals surface area contributed by atoms with Crippen molar-refractivity contribution < 1.29 is 9.53 Å². The third kappa shape index (κ3) is 4.46. The molecule has 1 aliphatic rings. The van der Waals surface area contributed by atoms with Crippen molar-refractivity contribution in [1.29, 1.82) is 0 Å². The van der Waals surface area contributed by atoms with Gasteiger partial charge in [-0.25, -0.2) is 4.68 Å². The Bertz CT molecular complexity index is 1060. The molecule has 0 unspecified atom stereocenters. The topological polar surface area (TPSA) is 89.3 Å². The van der Waals surface area contributed by atoms with Crippen LogP contribution in [0.5, 0.6) is 5.88 Å². The Morgan fingerprint density at radius 1 is 1.19 bits per heavy atom. The minimum Gasteiger partial charge on any atom is -0.480 e. The number of amides is 1. The van der Waals surface area contributed by atoms with E-state index >= 15 is 0 Å². The molecule has 1 aliphatic heterocycles. The first-order valence-electron chi connectivity index (χ1n) is 10.2. The fourth-order valence-corrected chi connectivity index (χ4v) is 3.81. The molecule has 9 nitrogen and oxygen atoms in total. The van der Waals surface area contributed by atoms with Crippen LogP contribution in [0.2, 0.25) is 5.02 Å². The zero-order chi connectivity index (χ0) is 21.8. The molecule has 3 heterocycles. The summed E-state index contributed by atoms with van der Waals surface area (Å²) in [6.07, 6.45) is 4.84. The second kappa shape index (κ2) is 9.30. The quantitative estimate of drug-likeness (QED) is 0.580. The highest BCUT2D eigenvalue weighted by molar-refractivity contribution is 6.30. The molecule has 0 atom stereocenters. The highest BCUT2D eigenvalue weighted by Gasteiger charge is 2.28. The summed E-state index contributed by atoms with van der Waals surface area (Å²) in [5.41, 5.74) is 2.00. The van der Waals surface area contributed by atoms with Crippen LogP contribution in [0.1, 0.15) is 29.5 Å². The smallest absolute Gasteiger partial charge is 0.276 e. The van der Waals surface area contributed by atoms with Gasteiger partial charge in [-0.2, -0.15) is 4.98 Å². The van der Waals surface area contributed by atoms with Crippen LogP contribution < -0.4 is 9.64 Å². The monoisotopic (exact) mass is 441 g/mol. The van der Waals surface area contributed by atoms with Crippen molar-refractivity contribution in [1.82, 2.24) is 29.9 Å². The first kappa shape index (κ1) is 21.0. The maximum absolute atomic E-state index is 13.3. The number of anilines is 1. The van der Waals surface area contributed by atoms with E-state index in [1.54, 1.807) is 30.3 Å². The Morgan fingerprint density at radius 2 is 2.00 bits per heavy atom. The summed E-state index contributed by atoms with van der Waals surface area (Å²) >= 11 is 6.14. The third-order valence-corrected chi connectivity index (χ3v) is 5.44. The molecule has 1 saturated heterocycles. The van der Waals surface area contributed by atoms with E-state index in [1.165, 1.54) is 0 Å². The number of piperazine rings is 1. The van der Waals surface area contributed by atoms with Crippen LogP contribution in [0.25, 0.3) is 5.69 Å². The molecular weight excluding hydrogens is 418 g/mol. The molecule has 0 spiro atoms.